The van der Waals surface area contributed by atoms with Crippen LogP contribution in [0.15, 0.2) is 77.6 Å². The first-order chi connectivity index (χ1) is 19.4. The molecule has 1 heterocycles. The summed E-state index contributed by atoms with van der Waals surface area (Å²) < 4.78 is 23.1. The van der Waals surface area contributed by atoms with Crippen LogP contribution in [0.5, 0.6) is 17.2 Å². The van der Waals surface area contributed by atoms with Gasteiger partial charge in [0.1, 0.15) is 36.2 Å². The summed E-state index contributed by atoms with van der Waals surface area (Å²) in [7, 11) is 1.52. The molecule has 0 unspecified atom stereocenters. The maximum atomic E-state index is 12.9. The van der Waals surface area contributed by atoms with Crippen molar-refractivity contribution in [3.05, 3.63) is 94.5 Å². The molecule has 3 aromatic carbocycles. The summed E-state index contributed by atoms with van der Waals surface area (Å²) >= 11 is 0. The second-order valence-corrected chi connectivity index (χ2v) is 8.83. The minimum absolute atomic E-state index is 0.107. The molecule has 208 valence electrons. The summed E-state index contributed by atoms with van der Waals surface area (Å²) in [5.74, 6) is 1.50. The molecule has 1 aromatic heterocycles. The standard InChI is InChI=1S/C30H31N3O7/c1-4-38-28(34)20-32(30(36)40-25-9-7-8-24(18-25)37-3)19-22-12-14-23(15-13-22)39-17-16-33-21(2)31-27-11-6-5-10-26(27)29(33)35/h5-15,18H,4,16-17,19-20H2,1-3H3. The lowest BCUT2D eigenvalue weighted by molar-refractivity contribution is -0.144. The van der Waals surface area contributed by atoms with Crippen LogP contribution in [0.4, 0.5) is 4.79 Å². The van der Waals surface area contributed by atoms with Crippen LogP contribution in [-0.4, -0.2) is 53.4 Å². The average molecular weight is 546 g/mol. The predicted octanol–water partition coefficient (Wildman–Crippen LogP) is 4.36. The summed E-state index contributed by atoms with van der Waals surface area (Å²) in [6.45, 7) is 4.13. The number of para-hydroxylation sites is 1. The van der Waals surface area contributed by atoms with Gasteiger partial charge in [0.05, 0.1) is 31.2 Å². The van der Waals surface area contributed by atoms with Crippen LogP contribution in [-0.2, 0) is 22.6 Å². The van der Waals surface area contributed by atoms with Crippen molar-refractivity contribution >= 4 is 23.0 Å². The minimum Gasteiger partial charge on any atom is -0.497 e. The lowest BCUT2D eigenvalue weighted by Crippen LogP contribution is -2.38. The van der Waals surface area contributed by atoms with Crippen LogP contribution in [0.25, 0.3) is 10.9 Å². The number of hydrogen-bond donors (Lipinski definition) is 0. The molecular weight excluding hydrogens is 514 g/mol. The van der Waals surface area contributed by atoms with Gasteiger partial charge in [-0.15, -0.1) is 0 Å². The molecule has 10 nitrogen and oxygen atoms in total. The van der Waals surface area contributed by atoms with Crippen LogP contribution in [0.3, 0.4) is 0 Å². The molecule has 10 heteroatoms. The Morgan fingerprint density at radius 1 is 0.950 bits per heavy atom. The Labute approximate surface area is 231 Å². The van der Waals surface area contributed by atoms with E-state index < -0.39 is 12.1 Å². The van der Waals surface area contributed by atoms with Crippen LogP contribution in [0, 0.1) is 6.92 Å². The Morgan fingerprint density at radius 2 is 1.70 bits per heavy atom. The maximum absolute atomic E-state index is 12.9. The molecular formula is C30H31N3O7. The topological polar surface area (TPSA) is 109 Å². The van der Waals surface area contributed by atoms with E-state index in [9.17, 15) is 14.4 Å². The molecule has 0 spiro atoms. The van der Waals surface area contributed by atoms with Crippen LogP contribution >= 0.6 is 0 Å². The first-order valence-electron chi connectivity index (χ1n) is 12.8. The molecule has 0 aliphatic heterocycles. The van der Waals surface area contributed by atoms with Crippen molar-refractivity contribution in [2.24, 2.45) is 0 Å². The fourth-order valence-corrected chi connectivity index (χ4v) is 4.09. The normalized spacial score (nSPS) is 10.7. The van der Waals surface area contributed by atoms with Crippen molar-refractivity contribution in [1.82, 2.24) is 14.5 Å². The summed E-state index contributed by atoms with van der Waals surface area (Å²) in [4.78, 5) is 43.7. The molecule has 0 bridgehead atoms. The first kappa shape index (κ1) is 28.2. The Hall–Kier alpha value is -4.86. The third kappa shape index (κ3) is 7.16. The number of ether oxygens (including phenoxy) is 4. The van der Waals surface area contributed by atoms with E-state index in [1.54, 1.807) is 73.0 Å². The monoisotopic (exact) mass is 545 g/mol. The third-order valence-corrected chi connectivity index (χ3v) is 6.06. The number of hydrogen-bond acceptors (Lipinski definition) is 8. The predicted molar refractivity (Wildman–Crippen MR) is 149 cm³/mol. The van der Waals surface area contributed by atoms with E-state index in [0.717, 1.165) is 5.56 Å². The Kier molecular flexibility index (Phi) is 9.35. The lowest BCUT2D eigenvalue weighted by atomic mass is 10.2. The number of carbonyl (C=O) groups is 2. The molecule has 4 rings (SSSR count). The molecule has 0 saturated heterocycles. The van der Waals surface area contributed by atoms with Crippen molar-refractivity contribution < 1.29 is 28.5 Å². The molecule has 4 aromatic rings. The summed E-state index contributed by atoms with van der Waals surface area (Å²) in [5, 5.41) is 0.565. The van der Waals surface area contributed by atoms with E-state index in [1.807, 2.05) is 18.2 Å². The van der Waals surface area contributed by atoms with Crippen LogP contribution < -0.4 is 19.8 Å². The van der Waals surface area contributed by atoms with Crippen molar-refractivity contribution in [2.75, 3.05) is 26.9 Å². The zero-order chi connectivity index (χ0) is 28.5. The van der Waals surface area contributed by atoms with E-state index in [2.05, 4.69) is 4.98 Å². The molecule has 0 N–H and O–H groups in total. The van der Waals surface area contributed by atoms with E-state index in [1.165, 1.54) is 12.0 Å². The highest BCUT2D eigenvalue weighted by atomic mass is 16.6. The van der Waals surface area contributed by atoms with Crippen molar-refractivity contribution in [3.8, 4) is 17.2 Å². The number of methoxy groups -OCH3 is 1. The number of fused-ring (bicyclic) bond motifs is 1. The van der Waals surface area contributed by atoms with Gasteiger partial charge in [0, 0.05) is 12.6 Å². The number of benzene rings is 3. The quantitative estimate of drug-likeness (QED) is 0.256. The second-order valence-electron chi connectivity index (χ2n) is 8.83. The van der Waals surface area contributed by atoms with Gasteiger partial charge in [0.2, 0.25) is 0 Å². The molecule has 0 radical (unpaired) electrons. The van der Waals surface area contributed by atoms with Crippen LogP contribution in [0.2, 0.25) is 0 Å². The molecule has 0 aliphatic carbocycles. The van der Waals surface area contributed by atoms with Gasteiger partial charge in [-0.1, -0.05) is 30.3 Å². The fraction of sp³-hybridized carbons (Fsp3) is 0.267. The summed E-state index contributed by atoms with van der Waals surface area (Å²) in [6, 6.07) is 21.0. The first-order valence-corrected chi connectivity index (χ1v) is 12.8. The third-order valence-electron chi connectivity index (χ3n) is 6.06. The van der Waals surface area contributed by atoms with Gasteiger partial charge < -0.3 is 18.9 Å². The Balaban J connectivity index is 1.39. The van der Waals surface area contributed by atoms with E-state index in [-0.39, 0.29) is 37.6 Å². The van der Waals surface area contributed by atoms with Crippen molar-refractivity contribution in [2.45, 2.75) is 26.9 Å². The van der Waals surface area contributed by atoms with Gasteiger partial charge in [-0.05, 0) is 55.8 Å². The van der Waals surface area contributed by atoms with Gasteiger partial charge >= 0.3 is 12.1 Å². The number of esters is 1. The van der Waals surface area contributed by atoms with E-state index in [4.69, 9.17) is 18.9 Å². The van der Waals surface area contributed by atoms with Gasteiger partial charge in [-0.2, -0.15) is 0 Å². The number of rotatable bonds is 11. The molecule has 0 atom stereocenters. The minimum atomic E-state index is -0.702. The van der Waals surface area contributed by atoms with Gasteiger partial charge in [0.15, 0.2) is 0 Å². The average Bonchev–Trinajstić information content (AvgIpc) is 2.95. The maximum Gasteiger partial charge on any atom is 0.416 e. The van der Waals surface area contributed by atoms with Crippen LogP contribution in [0.1, 0.15) is 18.3 Å². The summed E-state index contributed by atoms with van der Waals surface area (Å²) in [6.07, 6.45) is -0.702. The van der Waals surface area contributed by atoms with Crippen molar-refractivity contribution in [3.63, 3.8) is 0 Å². The smallest absolute Gasteiger partial charge is 0.416 e. The number of aryl methyl sites for hydroxylation is 1. The molecule has 0 aliphatic rings. The molecule has 40 heavy (non-hydrogen) atoms. The Morgan fingerprint density at radius 3 is 2.45 bits per heavy atom. The number of amides is 1. The Bertz CT molecular complexity index is 1530. The highest BCUT2D eigenvalue weighted by molar-refractivity contribution is 5.79. The SMILES string of the molecule is CCOC(=O)CN(Cc1ccc(OCCn2c(C)nc3ccccc3c2=O)cc1)C(=O)Oc1cccc(OC)c1. The zero-order valence-electron chi connectivity index (χ0n) is 22.7. The van der Waals surface area contributed by atoms with Gasteiger partial charge in [-0.3, -0.25) is 19.1 Å². The summed E-state index contributed by atoms with van der Waals surface area (Å²) in [5.41, 5.74) is 1.32. The highest BCUT2D eigenvalue weighted by Gasteiger charge is 2.21. The molecule has 1 amide bonds. The molecule has 0 saturated carbocycles. The van der Waals surface area contributed by atoms with E-state index in [0.29, 0.717) is 34.8 Å². The largest absolute Gasteiger partial charge is 0.497 e. The highest BCUT2D eigenvalue weighted by Crippen LogP contribution is 2.21. The lowest BCUT2D eigenvalue weighted by Gasteiger charge is -2.21. The molecule has 0 fully saturated rings. The van der Waals surface area contributed by atoms with E-state index >= 15 is 0 Å². The van der Waals surface area contributed by atoms with Gasteiger partial charge in [0.25, 0.3) is 5.56 Å². The number of carbonyl (C=O) groups excluding carboxylic acids is 2. The number of nitrogens with zero attached hydrogens (tertiary/aromatic N) is 3. The second kappa shape index (κ2) is 13.3. The number of aromatic nitrogens is 2. The van der Waals surface area contributed by atoms with Gasteiger partial charge in [-0.25, -0.2) is 9.78 Å². The fourth-order valence-electron chi connectivity index (χ4n) is 4.09. The van der Waals surface area contributed by atoms with Crippen molar-refractivity contribution in [1.29, 1.82) is 0 Å². The zero-order valence-corrected chi connectivity index (χ0v) is 22.7.